The van der Waals surface area contributed by atoms with Crippen molar-refractivity contribution in [2.75, 3.05) is 19.7 Å². The molecular formula is C11H22N2O2. The molecule has 1 rings (SSSR count). The number of ether oxygens (including phenoxy) is 1. The van der Waals surface area contributed by atoms with Gasteiger partial charge >= 0.3 is 6.09 Å². The lowest BCUT2D eigenvalue weighted by Gasteiger charge is -2.38. The summed E-state index contributed by atoms with van der Waals surface area (Å²) in [7, 11) is 0. The lowest BCUT2D eigenvalue weighted by atomic mass is 9.85. The van der Waals surface area contributed by atoms with Crippen LogP contribution in [0, 0.1) is 0 Å². The van der Waals surface area contributed by atoms with E-state index in [1.54, 1.807) is 4.90 Å². The van der Waals surface area contributed by atoms with Crippen molar-refractivity contribution < 1.29 is 9.53 Å². The third-order valence-electron chi connectivity index (χ3n) is 3.03. The minimum atomic E-state index is -0.198. The van der Waals surface area contributed by atoms with Gasteiger partial charge in [0, 0.05) is 18.6 Å². The third kappa shape index (κ3) is 3.38. The number of hydrogen-bond donors (Lipinski definition) is 1. The van der Waals surface area contributed by atoms with E-state index in [1.165, 1.54) is 0 Å². The van der Waals surface area contributed by atoms with Gasteiger partial charge in [0.25, 0.3) is 0 Å². The van der Waals surface area contributed by atoms with E-state index in [-0.39, 0.29) is 11.6 Å². The second kappa shape index (κ2) is 5.35. The van der Waals surface area contributed by atoms with Crippen molar-refractivity contribution in [3.63, 3.8) is 0 Å². The summed E-state index contributed by atoms with van der Waals surface area (Å²) >= 11 is 0. The van der Waals surface area contributed by atoms with Gasteiger partial charge in [-0.3, -0.25) is 0 Å². The highest BCUT2D eigenvalue weighted by Crippen LogP contribution is 2.24. The molecule has 1 fully saturated rings. The first-order valence-corrected chi connectivity index (χ1v) is 5.82. The van der Waals surface area contributed by atoms with Crippen LogP contribution in [0.5, 0.6) is 0 Å². The molecule has 0 aromatic carbocycles. The van der Waals surface area contributed by atoms with E-state index in [1.807, 2.05) is 6.92 Å². The average molecular weight is 214 g/mol. The number of rotatable bonds is 3. The van der Waals surface area contributed by atoms with Crippen molar-refractivity contribution in [2.45, 2.75) is 45.1 Å². The largest absolute Gasteiger partial charge is 0.450 e. The van der Waals surface area contributed by atoms with Gasteiger partial charge in [-0.25, -0.2) is 4.79 Å². The molecule has 1 heterocycles. The van der Waals surface area contributed by atoms with E-state index >= 15 is 0 Å². The van der Waals surface area contributed by atoms with Gasteiger partial charge in [-0.15, -0.1) is 0 Å². The maximum atomic E-state index is 11.4. The van der Waals surface area contributed by atoms with E-state index < -0.39 is 0 Å². The lowest BCUT2D eigenvalue weighted by Crippen LogP contribution is -2.51. The monoisotopic (exact) mass is 214 g/mol. The van der Waals surface area contributed by atoms with Crippen LogP contribution in [0.25, 0.3) is 0 Å². The Morgan fingerprint density at radius 3 is 2.47 bits per heavy atom. The van der Waals surface area contributed by atoms with Crippen LogP contribution >= 0.6 is 0 Å². The summed E-state index contributed by atoms with van der Waals surface area (Å²) in [4.78, 5) is 13.2. The molecule has 4 nitrogen and oxygen atoms in total. The van der Waals surface area contributed by atoms with Crippen molar-refractivity contribution in [3.05, 3.63) is 0 Å². The summed E-state index contributed by atoms with van der Waals surface area (Å²) in [5.41, 5.74) is 6.17. The predicted octanol–water partition coefficient (Wildman–Crippen LogP) is 1.74. The summed E-state index contributed by atoms with van der Waals surface area (Å²) in [6, 6.07) is 0. The van der Waals surface area contributed by atoms with Crippen LogP contribution < -0.4 is 5.73 Å². The maximum Gasteiger partial charge on any atom is 0.409 e. The Balaban J connectivity index is 2.38. The molecule has 4 heteroatoms. The number of carbonyl (C=O) groups is 1. The summed E-state index contributed by atoms with van der Waals surface area (Å²) in [6.45, 7) is 5.88. The Morgan fingerprint density at radius 2 is 2.00 bits per heavy atom. The number of nitrogens with two attached hydrogens (primary N) is 1. The zero-order valence-electron chi connectivity index (χ0n) is 9.79. The molecule has 2 N–H and O–H groups in total. The van der Waals surface area contributed by atoms with Crippen molar-refractivity contribution in [2.24, 2.45) is 5.73 Å². The molecule has 0 aromatic heterocycles. The first kappa shape index (κ1) is 12.3. The Kier molecular flexibility index (Phi) is 4.39. The molecule has 0 bridgehead atoms. The van der Waals surface area contributed by atoms with Gasteiger partial charge in [0.15, 0.2) is 0 Å². The standard InChI is InChI=1S/C11H22N2O2/c1-3-5-11(12)6-8-13(9-7-11)10(14)15-4-2/h3-9,12H2,1-2H3. The van der Waals surface area contributed by atoms with Crippen LogP contribution in [0.3, 0.4) is 0 Å². The van der Waals surface area contributed by atoms with Crippen LogP contribution in [0.1, 0.15) is 39.5 Å². The van der Waals surface area contributed by atoms with Gasteiger partial charge in [-0.1, -0.05) is 13.3 Å². The zero-order valence-corrected chi connectivity index (χ0v) is 9.79. The Hall–Kier alpha value is -0.770. The quantitative estimate of drug-likeness (QED) is 0.778. The van der Waals surface area contributed by atoms with Crippen LogP contribution in [-0.2, 0) is 4.74 Å². The number of amides is 1. The summed E-state index contributed by atoms with van der Waals surface area (Å²) in [6.07, 6.45) is 3.73. The zero-order chi connectivity index (χ0) is 11.3. The van der Waals surface area contributed by atoms with Crippen LogP contribution in [0.15, 0.2) is 0 Å². The first-order chi connectivity index (χ1) is 7.11. The molecule has 1 amide bonds. The van der Waals surface area contributed by atoms with E-state index in [0.717, 1.165) is 38.8 Å². The van der Waals surface area contributed by atoms with Crippen LogP contribution in [0.4, 0.5) is 4.79 Å². The summed E-state index contributed by atoms with van der Waals surface area (Å²) < 4.78 is 4.96. The molecule has 88 valence electrons. The van der Waals surface area contributed by atoms with E-state index in [4.69, 9.17) is 10.5 Å². The SMILES string of the molecule is CCCC1(N)CCN(C(=O)OCC)CC1. The van der Waals surface area contributed by atoms with Gasteiger partial charge in [0.2, 0.25) is 0 Å². The Morgan fingerprint density at radius 1 is 1.40 bits per heavy atom. The molecule has 1 aliphatic rings. The van der Waals surface area contributed by atoms with Crippen molar-refractivity contribution in [1.82, 2.24) is 4.90 Å². The molecule has 0 saturated carbocycles. The van der Waals surface area contributed by atoms with Crippen molar-refractivity contribution >= 4 is 6.09 Å². The summed E-state index contributed by atoms with van der Waals surface area (Å²) in [5.74, 6) is 0. The highest BCUT2D eigenvalue weighted by Gasteiger charge is 2.31. The Bertz CT molecular complexity index is 211. The second-order valence-electron chi connectivity index (χ2n) is 4.30. The predicted molar refractivity (Wildman–Crippen MR) is 59.7 cm³/mol. The minimum Gasteiger partial charge on any atom is -0.450 e. The topological polar surface area (TPSA) is 55.6 Å². The highest BCUT2D eigenvalue weighted by molar-refractivity contribution is 5.67. The molecule has 0 aromatic rings. The molecule has 0 spiro atoms. The molecule has 15 heavy (non-hydrogen) atoms. The van der Waals surface area contributed by atoms with Crippen LogP contribution in [-0.4, -0.2) is 36.2 Å². The second-order valence-corrected chi connectivity index (χ2v) is 4.30. The van der Waals surface area contributed by atoms with Crippen molar-refractivity contribution in [3.8, 4) is 0 Å². The first-order valence-electron chi connectivity index (χ1n) is 5.82. The molecule has 1 saturated heterocycles. The fourth-order valence-electron chi connectivity index (χ4n) is 2.10. The molecular weight excluding hydrogens is 192 g/mol. The van der Waals surface area contributed by atoms with Gasteiger partial charge < -0.3 is 15.4 Å². The van der Waals surface area contributed by atoms with Gasteiger partial charge in [-0.05, 0) is 26.2 Å². The molecule has 0 aliphatic carbocycles. The Labute approximate surface area is 91.8 Å². The smallest absolute Gasteiger partial charge is 0.409 e. The number of nitrogens with zero attached hydrogens (tertiary/aromatic N) is 1. The van der Waals surface area contributed by atoms with Gasteiger partial charge in [0.1, 0.15) is 0 Å². The lowest BCUT2D eigenvalue weighted by molar-refractivity contribution is 0.0858. The highest BCUT2D eigenvalue weighted by atomic mass is 16.6. The number of piperidine rings is 1. The molecule has 0 atom stereocenters. The molecule has 0 radical (unpaired) electrons. The number of carbonyl (C=O) groups excluding carboxylic acids is 1. The van der Waals surface area contributed by atoms with Gasteiger partial charge in [-0.2, -0.15) is 0 Å². The molecule has 1 aliphatic heterocycles. The number of likely N-dealkylation sites (tertiary alicyclic amines) is 1. The fourth-order valence-corrected chi connectivity index (χ4v) is 2.10. The van der Waals surface area contributed by atoms with Gasteiger partial charge in [0.05, 0.1) is 6.61 Å². The fraction of sp³-hybridized carbons (Fsp3) is 0.909. The minimum absolute atomic E-state index is 0.0578. The van der Waals surface area contributed by atoms with E-state index in [2.05, 4.69) is 6.92 Å². The summed E-state index contributed by atoms with van der Waals surface area (Å²) in [5, 5.41) is 0. The van der Waals surface area contributed by atoms with E-state index in [9.17, 15) is 4.79 Å². The third-order valence-corrected chi connectivity index (χ3v) is 3.03. The van der Waals surface area contributed by atoms with Crippen molar-refractivity contribution in [1.29, 1.82) is 0 Å². The normalized spacial score (nSPS) is 20.1. The average Bonchev–Trinajstić information content (AvgIpc) is 2.19. The van der Waals surface area contributed by atoms with E-state index in [0.29, 0.717) is 6.61 Å². The number of hydrogen-bond acceptors (Lipinski definition) is 3. The molecule has 0 unspecified atom stereocenters. The maximum absolute atomic E-state index is 11.4. The van der Waals surface area contributed by atoms with Crippen LogP contribution in [0.2, 0.25) is 0 Å².